The molecule has 0 fully saturated rings. The van der Waals surface area contributed by atoms with E-state index in [1.165, 1.54) is 6.08 Å². The Morgan fingerprint density at radius 3 is 2.67 bits per heavy atom. The van der Waals surface area contributed by atoms with E-state index < -0.39 is 0 Å². The molecule has 0 saturated carbocycles. The van der Waals surface area contributed by atoms with Crippen LogP contribution in [0, 0.1) is 0 Å². The third kappa shape index (κ3) is 6.15. The molecule has 27 heavy (non-hydrogen) atoms. The molecule has 0 atom stereocenters. The van der Waals surface area contributed by atoms with E-state index in [1.54, 1.807) is 49.3 Å². The van der Waals surface area contributed by atoms with Gasteiger partial charge in [-0.05, 0) is 48.9 Å². The molecule has 2 amide bonds. The van der Waals surface area contributed by atoms with Gasteiger partial charge in [-0.3, -0.25) is 9.59 Å². The van der Waals surface area contributed by atoms with Crippen LogP contribution in [0.15, 0.2) is 48.5 Å². The number of methoxy groups -OCH3 is 1. The third-order valence-corrected chi connectivity index (χ3v) is 4.24. The molecule has 0 heterocycles. The van der Waals surface area contributed by atoms with E-state index in [4.69, 9.17) is 16.3 Å². The van der Waals surface area contributed by atoms with Gasteiger partial charge in [-0.1, -0.05) is 23.7 Å². The lowest BCUT2D eigenvalue weighted by Gasteiger charge is -2.19. The predicted molar refractivity (Wildman–Crippen MR) is 109 cm³/mol. The molecule has 0 bridgehead atoms. The van der Waals surface area contributed by atoms with Gasteiger partial charge in [0.2, 0.25) is 11.8 Å². The molecular weight excluding hydrogens is 364 g/mol. The van der Waals surface area contributed by atoms with Crippen molar-refractivity contribution >= 4 is 35.2 Å². The van der Waals surface area contributed by atoms with Crippen LogP contribution in [-0.2, 0) is 16.1 Å². The number of ether oxygens (including phenoxy) is 1. The van der Waals surface area contributed by atoms with Crippen LogP contribution in [0.4, 0.5) is 5.69 Å². The van der Waals surface area contributed by atoms with Crippen molar-refractivity contribution in [1.82, 2.24) is 4.90 Å². The second-order valence-corrected chi connectivity index (χ2v) is 6.38. The molecule has 0 aromatic heterocycles. The number of hydrogen-bond acceptors (Lipinski definition) is 3. The maximum atomic E-state index is 12.2. The lowest BCUT2D eigenvalue weighted by Crippen LogP contribution is -2.27. The lowest BCUT2D eigenvalue weighted by molar-refractivity contribution is -0.129. The maximum absolute atomic E-state index is 12.2. The van der Waals surface area contributed by atoms with Crippen molar-refractivity contribution < 1.29 is 14.3 Å². The van der Waals surface area contributed by atoms with Gasteiger partial charge in [0.15, 0.2) is 0 Å². The van der Waals surface area contributed by atoms with Crippen LogP contribution < -0.4 is 10.1 Å². The van der Waals surface area contributed by atoms with E-state index in [2.05, 4.69) is 5.32 Å². The van der Waals surface area contributed by atoms with E-state index in [9.17, 15) is 9.59 Å². The third-order valence-electron chi connectivity index (χ3n) is 4.00. The Labute approximate surface area is 164 Å². The van der Waals surface area contributed by atoms with Crippen molar-refractivity contribution in [3.05, 3.63) is 64.7 Å². The Morgan fingerprint density at radius 2 is 2.00 bits per heavy atom. The van der Waals surface area contributed by atoms with E-state index in [1.807, 2.05) is 25.1 Å². The Balaban J connectivity index is 2.07. The van der Waals surface area contributed by atoms with Crippen molar-refractivity contribution in [2.75, 3.05) is 19.0 Å². The Morgan fingerprint density at radius 1 is 1.22 bits per heavy atom. The normalized spacial score (nSPS) is 10.7. The topological polar surface area (TPSA) is 58.6 Å². The van der Waals surface area contributed by atoms with Crippen LogP contribution in [0.5, 0.6) is 5.75 Å². The lowest BCUT2D eigenvalue weighted by atomic mass is 10.1. The first-order valence-electron chi connectivity index (χ1n) is 8.60. The second kappa shape index (κ2) is 9.78. The first-order valence-corrected chi connectivity index (χ1v) is 8.97. The minimum atomic E-state index is -0.270. The number of anilines is 1. The summed E-state index contributed by atoms with van der Waals surface area (Å²) in [4.78, 5) is 25.5. The first-order chi connectivity index (χ1) is 12.9. The summed E-state index contributed by atoms with van der Waals surface area (Å²) in [6.07, 6.45) is 3.08. The van der Waals surface area contributed by atoms with Crippen molar-refractivity contribution in [2.24, 2.45) is 0 Å². The quantitative estimate of drug-likeness (QED) is 0.719. The zero-order valence-electron chi connectivity index (χ0n) is 15.7. The summed E-state index contributed by atoms with van der Waals surface area (Å²) in [6, 6.07) is 12.6. The largest absolute Gasteiger partial charge is 0.496 e. The van der Waals surface area contributed by atoms with Crippen LogP contribution in [0.25, 0.3) is 6.08 Å². The highest BCUT2D eigenvalue weighted by atomic mass is 35.5. The monoisotopic (exact) mass is 386 g/mol. The minimum absolute atomic E-state index is 0.0188. The van der Waals surface area contributed by atoms with Gasteiger partial charge in [0.1, 0.15) is 5.75 Å². The first kappa shape index (κ1) is 20.5. The maximum Gasteiger partial charge on any atom is 0.248 e. The molecule has 0 aliphatic rings. The van der Waals surface area contributed by atoms with Gasteiger partial charge in [-0.25, -0.2) is 0 Å². The highest BCUT2D eigenvalue weighted by Gasteiger charge is 2.08. The molecule has 0 aliphatic heterocycles. The molecule has 0 saturated heterocycles. The Hall–Kier alpha value is -2.79. The summed E-state index contributed by atoms with van der Waals surface area (Å²) >= 11 is 5.99. The number of amides is 2. The standard InChI is InChI=1S/C21H23ClN2O3/c1-4-24(15(2)25)14-16-6-5-7-19(12-16)23-21(26)11-8-17-13-18(22)9-10-20(17)27-3/h5-13H,4,14H2,1-3H3,(H,23,26)/b11-8+. The summed E-state index contributed by atoms with van der Waals surface area (Å²) in [5, 5.41) is 3.39. The summed E-state index contributed by atoms with van der Waals surface area (Å²) in [6.45, 7) is 4.62. The van der Waals surface area contributed by atoms with E-state index >= 15 is 0 Å². The zero-order chi connectivity index (χ0) is 19.8. The van der Waals surface area contributed by atoms with Gasteiger partial charge in [-0.2, -0.15) is 0 Å². The Kier molecular flexibility index (Phi) is 7.44. The molecule has 5 nitrogen and oxygen atoms in total. The molecule has 2 aromatic rings. The number of carbonyl (C=O) groups excluding carboxylic acids is 2. The molecule has 2 rings (SSSR count). The van der Waals surface area contributed by atoms with Crippen LogP contribution >= 0.6 is 11.6 Å². The van der Waals surface area contributed by atoms with E-state index in [-0.39, 0.29) is 11.8 Å². The number of halogens is 1. The number of carbonyl (C=O) groups is 2. The number of nitrogens with zero attached hydrogens (tertiary/aromatic N) is 1. The van der Waals surface area contributed by atoms with Crippen molar-refractivity contribution in [1.29, 1.82) is 0 Å². The summed E-state index contributed by atoms with van der Waals surface area (Å²) in [5.74, 6) is 0.382. The molecule has 142 valence electrons. The van der Waals surface area contributed by atoms with Crippen LogP contribution in [0.1, 0.15) is 25.0 Å². The number of rotatable bonds is 7. The average Bonchev–Trinajstić information content (AvgIpc) is 2.64. The number of nitrogens with one attached hydrogen (secondary N) is 1. The van der Waals surface area contributed by atoms with Crippen LogP contribution in [0.2, 0.25) is 5.02 Å². The SMILES string of the molecule is CCN(Cc1cccc(NC(=O)/C=C/c2cc(Cl)ccc2OC)c1)C(C)=O. The van der Waals surface area contributed by atoms with Crippen molar-refractivity contribution in [3.8, 4) is 5.75 Å². The molecule has 1 N–H and O–H groups in total. The fourth-order valence-electron chi connectivity index (χ4n) is 2.60. The molecule has 0 spiro atoms. The van der Waals surface area contributed by atoms with Gasteiger partial charge in [-0.15, -0.1) is 0 Å². The van der Waals surface area contributed by atoms with Gasteiger partial charge in [0.25, 0.3) is 0 Å². The van der Waals surface area contributed by atoms with Gasteiger partial charge in [0.05, 0.1) is 7.11 Å². The van der Waals surface area contributed by atoms with Gasteiger partial charge < -0.3 is 15.0 Å². The number of benzene rings is 2. The zero-order valence-corrected chi connectivity index (χ0v) is 16.4. The highest BCUT2D eigenvalue weighted by molar-refractivity contribution is 6.30. The molecule has 0 aliphatic carbocycles. The predicted octanol–water partition coefficient (Wildman–Crippen LogP) is 4.37. The second-order valence-electron chi connectivity index (χ2n) is 5.94. The summed E-state index contributed by atoms with van der Waals surface area (Å²) in [5.41, 5.74) is 2.33. The molecule has 0 radical (unpaired) electrons. The van der Waals surface area contributed by atoms with Crippen LogP contribution in [0.3, 0.4) is 0 Å². The number of hydrogen-bond donors (Lipinski definition) is 1. The fraction of sp³-hybridized carbons (Fsp3) is 0.238. The minimum Gasteiger partial charge on any atom is -0.496 e. The average molecular weight is 387 g/mol. The van der Waals surface area contributed by atoms with Crippen molar-refractivity contribution in [2.45, 2.75) is 20.4 Å². The smallest absolute Gasteiger partial charge is 0.248 e. The van der Waals surface area contributed by atoms with Gasteiger partial charge >= 0.3 is 0 Å². The Bertz CT molecular complexity index is 849. The molecule has 0 unspecified atom stereocenters. The highest BCUT2D eigenvalue weighted by Crippen LogP contribution is 2.23. The molecule has 6 heteroatoms. The molecule has 2 aromatic carbocycles. The molecular formula is C21H23ClN2O3. The van der Waals surface area contributed by atoms with Crippen molar-refractivity contribution in [3.63, 3.8) is 0 Å². The van der Waals surface area contributed by atoms with Crippen LogP contribution in [-0.4, -0.2) is 30.4 Å². The van der Waals surface area contributed by atoms with E-state index in [0.29, 0.717) is 35.1 Å². The van der Waals surface area contributed by atoms with Gasteiger partial charge in [0, 0.05) is 42.4 Å². The van der Waals surface area contributed by atoms with E-state index in [0.717, 1.165) is 5.56 Å². The summed E-state index contributed by atoms with van der Waals surface area (Å²) < 4.78 is 5.26. The summed E-state index contributed by atoms with van der Waals surface area (Å²) in [7, 11) is 1.56. The fourth-order valence-corrected chi connectivity index (χ4v) is 2.78.